The summed E-state index contributed by atoms with van der Waals surface area (Å²) in [6.45, 7) is 3.89. The predicted molar refractivity (Wildman–Crippen MR) is 124 cm³/mol. The van der Waals surface area contributed by atoms with Gasteiger partial charge in [-0.3, -0.25) is 4.79 Å². The van der Waals surface area contributed by atoms with Crippen LogP contribution < -0.4 is 5.56 Å². The highest BCUT2D eigenvalue weighted by atomic mass is 32.2. The number of aromatic nitrogens is 4. The molecule has 0 bridgehead atoms. The van der Waals surface area contributed by atoms with Gasteiger partial charge in [-0.15, -0.1) is 11.3 Å². The average Bonchev–Trinajstić information content (AvgIpc) is 3.41. The van der Waals surface area contributed by atoms with Crippen LogP contribution in [0.2, 0.25) is 0 Å². The molecule has 0 N–H and O–H groups in total. The van der Waals surface area contributed by atoms with E-state index in [-0.39, 0.29) is 5.56 Å². The molecule has 0 radical (unpaired) electrons. The predicted octanol–water partition coefficient (Wildman–Crippen LogP) is 5.41. The fourth-order valence-corrected chi connectivity index (χ4v) is 5.01. The number of hydrogen-bond donors (Lipinski definition) is 0. The Balaban J connectivity index is 1.53. The monoisotopic (exact) mass is 446 g/mol. The number of benzene rings is 1. The summed E-state index contributed by atoms with van der Waals surface area (Å²) >= 11 is 3.01. The highest BCUT2D eigenvalue weighted by Gasteiger charge is 2.16. The van der Waals surface area contributed by atoms with Crippen molar-refractivity contribution in [1.29, 1.82) is 0 Å². The number of thioether (sulfide) groups is 1. The third-order valence-corrected chi connectivity index (χ3v) is 6.60. The normalized spacial score (nSPS) is 11.3. The molecule has 0 aliphatic carbocycles. The standard InChI is InChI=1S/C23H18N4O2S2/c1-14-9-10-24-20(11-14)27-22(28)17-5-3-4-6-18(17)26-23(27)31-13-16-12-30-21(25-16)19-8-7-15(2)29-19/h3-12H,13H2,1-2H3. The molecule has 31 heavy (non-hydrogen) atoms. The molecule has 8 heteroatoms. The second-order valence-electron chi connectivity index (χ2n) is 7.09. The third kappa shape index (κ3) is 3.92. The zero-order chi connectivity index (χ0) is 21.4. The Bertz CT molecular complexity index is 1450. The molecule has 4 heterocycles. The second-order valence-corrected chi connectivity index (χ2v) is 8.89. The van der Waals surface area contributed by atoms with Gasteiger partial charge in [-0.05, 0) is 55.8 Å². The van der Waals surface area contributed by atoms with Crippen molar-refractivity contribution in [2.45, 2.75) is 24.8 Å². The van der Waals surface area contributed by atoms with E-state index in [9.17, 15) is 4.79 Å². The number of hydrogen-bond acceptors (Lipinski definition) is 7. The highest BCUT2D eigenvalue weighted by Crippen LogP contribution is 2.29. The first-order valence-corrected chi connectivity index (χ1v) is 11.5. The van der Waals surface area contributed by atoms with Gasteiger partial charge in [0.25, 0.3) is 5.56 Å². The molecule has 0 unspecified atom stereocenters. The molecule has 5 aromatic rings. The van der Waals surface area contributed by atoms with Gasteiger partial charge >= 0.3 is 0 Å². The highest BCUT2D eigenvalue weighted by molar-refractivity contribution is 7.98. The molecule has 6 nitrogen and oxygen atoms in total. The topological polar surface area (TPSA) is 73.8 Å². The van der Waals surface area contributed by atoms with Gasteiger partial charge in [0.1, 0.15) is 11.6 Å². The Morgan fingerprint density at radius 3 is 2.77 bits per heavy atom. The van der Waals surface area contributed by atoms with Crippen molar-refractivity contribution in [3.05, 3.63) is 87.5 Å². The maximum absolute atomic E-state index is 13.3. The lowest BCUT2D eigenvalue weighted by Gasteiger charge is -2.12. The van der Waals surface area contributed by atoms with E-state index in [0.717, 1.165) is 27.8 Å². The van der Waals surface area contributed by atoms with Crippen LogP contribution >= 0.6 is 23.1 Å². The summed E-state index contributed by atoms with van der Waals surface area (Å²) in [6, 6.07) is 15.0. The largest absolute Gasteiger partial charge is 0.459 e. The minimum Gasteiger partial charge on any atom is -0.459 e. The zero-order valence-corrected chi connectivity index (χ0v) is 18.5. The number of furan rings is 1. The molecule has 5 rings (SSSR count). The number of rotatable bonds is 5. The van der Waals surface area contributed by atoms with E-state index in [2.05, 4.69) is 9.97 Å². The van der Waals surface area contributed by atoms with Crippen molar-refractivity contribution in [3.8, 4) is 16.6 Å². The van der Waals surface area contributed by atoms with Crippen LogP contribution in [0.4, 0.5) is 0 Å². The lowest BCUT2D eigenvalue weighted by atomic mass is 10.2. The minimum absolute atomic E-state index is 0.128. The first kappa shape index (κ1) is 19.7. The van der Waals surface area contributed by atoms with Crippen LogP contribution in [-0.2, 0) is 5.75 Å². The molecule has 1 aromatic carbocycles. The Hall–Kier alpha value is -3.23. The van der Waals surface area contributed by atoms with Gasteiger partial charge < -0.3 is 4.42 Å². The van der Waals surface area contributed by atoms with Crippen molar-refractivity contribution >= 4 is 34.0 Å². The van der Waals surface area contributed by atoms with Crippen LogP contribution in [0.5, 0.6) is 0 Å². The number of para-hydroxylation sites is 1. The van der Waals surface area contributed by atoms with Crippen LogP contribution in [0.15, 0.2) is 74.5 Å². The summed E-state index contributed by atoms with van der Waals surface area (Å²) in [5.74, 6) is 2.77. The smallest absolute Gasteiger partial charge is 0.267 e. The Kier molecular flexibility index (Phi) is 5.17. The molecule has 0 aliphatic heterocycles. The van der Waals surface area contributed by atoms with Crippen LogP contribution in [0.25, 0.3) is 27.5 Å². The molecule has 0 fully saturated rings. The molecule has 0 atom stereocenters. The molecule has 0 saturated carbocycles. The molecule has 0 aliphatic rings. The SMILES string of the molecule is Cc1ccnc(-n2c(SCc3csc(-c4ccc(C)o4)n3)nc3ccccc3c2=O)c1. The van der Waals surface area contributed by atoms with Crippen LogP contribution in [0.1, 0.15) is 17.0 Å². The molecule has 0 saturated heterocycles. The van der Waals surface area contributed by atoms with Crippen molar-refractivity contribution in [2.24, 2.45) is 0 Å². The third-order valence-electron chi connectivity index (χ3n) is 4.73. The van der Waals surface area contributed by atoms with Crippen LogP contribution in [-0.4, -0.2) is 19.5 Å². The van der Waals surface area contributed by atoms with Crippen LogP contribution in [0, 0.1) is 13.8 Å². The quantitative estimate of drug-likeness (QED) is 0.266. The molecule has 0 spiro atoms. The van der Waals surface area contributed by atoms with E-state index in [1.807, 2.05) is 61.7 Å². The van der Waals surface area contributed by atoms with E-state index in [1.165, 1.54) is 23.1 Å². The fourth-order valence-electron chi connectivity index (χ4n) is 3.23. The lowest BCUT2D eigenvalue weighted by Crippen LogP contribution is -2.22. The number of nitrogens with zero attached hydrogens (tertiary/aromatic N) is 4. The zero-order valence-electron chi connectivity index (χ0n) is 16.9. The van der Waals surface area contributed by atoms with Crippen molar-refractivity contribution in [2.75, 3.05) is 0 Å². The Morgan fingerprint density at radius 1 is 1.10 bits per heavy atom. The Morgan fingerprint density at radius 2 is 1.97 bits per heavy atom. The summed E-state index contributed by atoms with van der Waals surface area (Å²) in [5, 5.41) is 4.01. The van der Waals surface area contributed by atoms with Gasteiger partial charge in [-0.1, -0.05) is 23.9 Å². The van der Waals surface area contributed by atoms with E-state index >= 15 is 0 Å². The van der Waals surface area contributed by atoms with Crippen molar-refractivity contribution in [1.82, 2.24) is 19.5 Å². The van der Waals surface area contributed by atoms with Crippen molar-refractivity contribution < 1.29 is 4.42 Å². The van der Waals surface area contributed by atoms with Gasteiger partial charge in [0.2, 0.25) is 0 Å². The van der Waals surface area contributed by atoms with Gasteiger partial charge in [-0.25, -0.2) is 19.5 Å². The van der Waals surface area contributed by atoms with Gasteiger partial charge in [-0.2, -0.15) is 0 Å². The van der Waals surface area contributed by atoms with Crippen LogP contribution in [0.3, 0.4) is 0 Å². The first-order valence-electron chi connectivity index (χ1n) is 9.67. The number of thiazole rings is 1. The first-order chi connectivity index (χ1) is 15.1. The maximum atomic E-state index is 13.3. The molecular formula is C23H18N4O2S2. The Labute approximate surface area is 186 Å². The number of pyridine rings is 1. The van der Waals surface area contributed by atoms with E-state index < -0.39 is 0 Å². The molecule has 0 amide bonds. The molecule has 154 valence electrons. The van der Waals surface area contributed by atoms with Gasteiger partial charge in [0.05, 0.1) is 16.6 Å². The number of aryl methyl sites for hydroxylation is 2. The summed E-state index contributed by atoms with van der Waals surface area (Å²) < 4.78 is 7.26. The number of fused-ring (bicyclic) bond motifs is 1. The average molecular weight is 447 g/mol. The van der Waals surface area contributed by atoms with Crippen molar-refractivity contribution in [3.63, 3.8) is 0 Å². The summed E-state index contributed by atoms with van der Waals surface area (Å²) in [7, 11) is 0. The molecular weight excluding hydrogens is 428 g/mol. The van der Waals surface area contributed by atoms with E-state index in [4.69, 9.17) is 9.40 Å². The van der Waals surface area contributed by atoms with E-state index in [1.54, 1.807) is 16.8 Å². The van der Waals surface area contributed by atoms with E-state index in [0.29, 0.717) is 27.6 Å². The summed E-state index contributed by atoms with van der Waals surface area (Å²) in [4.78, 5) is 27.2. The maximum Gasteiger partial charge on any atom is 0.267 e. The van der Waals surface area contributed by atoms with Gasteiger partial charge in [0.15, 0.2) is 15.9 Å². The summed E-state index contributed by atoms with van der Waals surface area (Å²) in [6.07, 6.45) is 1.71. The minimum atomic E-state index is -0.128. The summed E-state index contributed by atoms with van der Waals surface area (Å²) in [5.41, 5.74) is 2.48. The second kappa shape index (κ2) is 8.13. The fraction of sp³-hybridized carbons (Fsp3) is 0.130. The van der Waals surface area contributed by atoms with Gasteiger partial charge in [0, 0.05) is 17.3 Å². The lowest BCUT2D eigenvalue weighted by molar-refractivity contribution is 0.548. The molecule has 4 aromatic heterocycles.